The molecule has 0 bridgehead atoms. The Morgan fingerprint density at radius 1 is 0.972 bits per heavy atom. The predicted octanol–water partition coefficient (Wildman–Crippen LogP) is 5.91. The molecular weight excluding hydrogens is 547 g/mol. The summed E-state index contributed by atoms with van der Waals surface area (Å²) in [6, 6.07) is 21.8. The number of alkyl halides is 3. The van der Waals surface area contributed by atoms with Gasteiger partial charge in [0.1, 0.15) is 12.7 Å². The SMILES string of the molecule is Cc1ccc(S(=O)(=O)OC(C)C(N)(c2ccccc2)c2cccc(NC(=O)OCC(Cl)(Cl)Cl)c2)cc1. The molecule has 2 unspecified atom stereocenters. The molecule has 0 aliphatic heterocycles. The largest absolute Gasteiger partial charge is 0.445 e. The van der Waals surface area contributed by atoms with Crippen LogP contribution in [0.15, 0.2) is 83.8 Å². The molecule has 0 spiro atoms. The molecule has 0 saturated carbocycles. The second kappa shape index (κ2) is 11.4. The maximum absolute atomic E-state index is 13.0. The number of amides is 1. The summed E-state index contributed by atoms with van der Waals surface area (Å²) in [6.07, 6.45) is -1.88. The summed E-state index contributed by atoms with van der Waals surface area (Å²) < 4.78 is 34.9. The highest BCUT2D eigenvalue weighted by molar-refractivity contribution is 7.86. The second-order valence-electron chi connectivity index (χ2n) is 8.14. The molecule has 0 heterocycles. The number of nitrogens with two attached hydrogens (primary N) is 1. The van der Waals surface area contributed by atoms with Crippen molar-refractivity contribution >= 4 is 56.7 Å². The van der Waals surface area contributed by atoms with Gasteiger partial charge in [-0.1, -0.05) is 95.0 Å². The van der Waals surface area contributed by atoms with Crippen molar-refractivity contribution < 1.29 is 22.1 Å². The lowest BCUT2D eigenvalue weighted by Gasteiger charge is -2.36. The van der Waals surface area contributed by atoms with Gasteiger partial charge in [-0.2, -0.15) is 8.42 Å². The van der Waals surface area contributed by atoms with E-state index in [-0.39, 0.29) is 4.90 Å². The highest BCUT2D eigenvalue weighted by Gasteiger charge is 2.40. The van der Waals surface area contributed by atoms with E-state index < -0.39 is 38.3 Å². The summed E-state index contributed by atoms with van der Waals surface area (Å²) in [5.41, 5.74) is 7.84. The number of rotatable bonds is 8. The van der Waals surface area contributed by atoms with Crippen LogP contribution < -0.4 is 11.1 Å². The summed E-state index contributed by atoms with van der Waals surface area (Å²) >= 11 is 16.9. The first-order chi connectivity index (χ1) is 16.8. The van der Waals surface area contributed by atoms with Crippen molar-refractivity contribution in [1.29, 1.82) is 0 Å². The minimum Gasteiger partial charge on any atom is -0.445 e. The molecule has 11 heteroatoms. The number of carbonyl (C=O) groups is 1. The molecule has 0 aromatic heterocycles. The Morgan fingerprint density at radius 3 is 2.19 bits per heavy atom. The van der Waals surface area contributed by atoms with E-state index in [9.17, 15) is 13.2 Å². The van der Waals surface area contributed by atoms with Gasteiger partial charge in [0.25, 0.3) is 10.1 Å². The lowest BCUT2D eigenvalue weighted by molar-refractivity contribution is 0.155. The lowest BCUT2D eigenvalue weighted by atomic mass is 9.79. The van der Waals surface area contributed by atoms with Crippen LogP contribution in [0.3, 0.4) is 0 Å². The zero-order valence-electron chi connectivity index (χ0n) is 19.5. The van der Waals surface area contributed by atoms with Crippen molar-refractivity contribution in [3.05, 3.63) is 95.6 Å². The molecule has 2 atom stereocenters. The van der Waals surface area contributed by atoms with E-state index in [2.05, 4.69) is 5.32 Å². The maximum Gasteiger partial charge on any atom is 0.411 e. The second-order valence-corrected chi connectivity index (χ2v) is 12.2. The first-order valence-corrected chi connectivity index (χ1v) is 13.3. The fourth-order valence-electron chi connectivity index (χ4n) is 3.53. The highest BCUT2D eigenvalue weighted by atomic mass is 35.6. The fourth-order valence-corrected chi connectivity index (χ4v) is 4.81. The van der Waals surface area contributed by atoms with Gasteiger partial charge in [-0.25, -0.2) is 4.79 Å². The fraction of sp³-hybridized carbons (Fsp3) is 0.240. The number of nitrogens with one attached hydrogen (secondary N) is 1. The van der Waals surface area contributed by atoms with E-state index in [0.29, 0.717) is 16.8 Å². The van der Waals surface area contributed by atoms with E-state index >= 15 is 0 Å². The number of hydrogen-bond donors (Lipinski definition) is 2. The summed E-state index contributed by atoms with van der Waals surface area (Å²) in [5.74, 6) is 0. The van der Waals surface area contributed by atoms with Gasteiger partial charge in [-0.05, 0) is 49.2 Å². The Kier molecular flexibility index (Phi) is 8.93. The van der Waals surface area contributed by atoms with Crippen molar-refractivity contribution in [2.75, 3.05) is 11.9 Å². The molecule has 0 fully saturated rings. The average molecular weight is 572 g/mol. The summed E-state index contributed by atoms with van der Waals surface area (Å²) in [6.45, 7) is 2.98. The number of aryl methyl sites for hydroxylation is 1. The summed E-state index contributed by atoms with van der Waals surface area (Å²) in [4.78, 5) is 12.2. The standard InChI is InChI=1S/C25H25Cl3N2O5S/c1-17-11-13-22(14-12-17)36(32,33)35-18(2)25(29,19-7-4-3-5-8-19)20-9-6-10-21(15-20)30-23(31)34-16-24(26,27)28/h3-15,18H,16,29H2,1-2H3,(H,30,31). The van der Waals surface area contributed by atoms with Gasteiger partial charge >= 0.3 is 6.09 Å². The van der Waals surface area contributed by atoms with Crippen molar-refractivity contribution in [3.63, 3.8) is 0 Å². The summed E-state index contributed by atoms with van der Waals surface area (Å²) in [7, 11) is -4.13. The Hall–Kier alpha value is -2.33. The van der Waals surface area contributed by atoms with Crippen LogP contribution in [0, 0.1) is 6.92 Å². The molecule has 7 nitrogen and oxygen atoms in total. The van der Waals surface area contributed by atoms with E-state index in [1.54, 1.807) is 67.6 Å². The molecule has 36 heavy (non-hydrogen) atoms. The zero-order chi connectivity index (χ0) is 26.6. The van der Waals surface area contributed by atoms with Crippen LogP contribution in [-0.2, 0) is 24.6 Å². The van der Waals surface area contributed by atoms with Crippen molar-refractivity contribution in [2.24, 2.45) is 5.73 Å². The summed E-state index contributed by atoms with van der Waals surface area (Å²) in [5, 5.41) is 2.55. The molecule has 0 aliphatic rings. The molecule has 0 aliphatic carbocycles. The van der Waals surface area contributed by atoms with Gasteiger partial charge < -0.3 is 10.5 Å². The number of benzene rings is 3. The van der Waals surface area contributed by atoms with Crippen LogP contribution in [0.2, 0.25) is 0 Å². The zero-order valence-corrected chi connectivity index (χ0v) is 22.5. The van der Waals surface area contributed by atoms with Crippen LogP contribution in [0.25, 0.3) is 0 Å². The molecule has 1 amide bonds. The Bertz CT molecular complexity index is 1300. The highest BCUT2D eigenvalue weighted by Crippen LogP contribution is 2.35. The first-order valence-electron chi connectivity index (χ1n) is 10.8. The lowest BCUT2D eigenvalue weighted by Crippen LogP contribution is -2.49. The van der Waals surface area contributed by atoms with Crippen LogP contribution in [0.5, 0.6) is 0 Å². The average Bonchev–Trinajstić information content (AvgIpc) is 2.82. The molecule has 0 radical (unpaired) electrons. The van der Waals surface area contributed by atoms with Gasteiger partial charge in [-0.15, -0.1) is 0 Å². The van der Waals surface area contributed by atoms with Crippen LogP contribution in [0.4, 0.5) is 10.5 Å². The predicted molar refractivity (Wildman–Crippen MR) is 142 cm³/mol. The van der Waals surface area contributed by atoms with Crippen molar-refractivity contribution in [2.45, 2.75) is 34.2 Å². The molecule has 3 rings (SSSR count). The number of halogens is 3. The van der Waals surface area contributed by atoms with E-state index in [1.165, 1.54) is 12.1 Å². The van der Waals surface area contributed by atoms with Crippen LogP contribution >= 0.6 is 34.8 Å². The Morgan fingerprint density at radius 2 is 1.58 bits per heavy atom. The third-order valence-electron chi connectivity index (χ3n) is 5.43. The van der Waals surface area contributed by atoms with Crippen molar-refractivity contribution in [3.8, 4) is 0 Å². The molecule has 3 N–H and O–H groups in total. The van der Waals surface area contributed by atoms with Gasteiger partial charge in [0.2, 0.25) is 3.79 Å². The van der Waals surface area contributed by atoms with E-state index in [0.717, 1.165) is 5.56 Å². The van der Waals surface area contributed by atoms with Crippen LogP contribution in [-0.4, -0.2) is 31.0 Å². The van der Waals surface area contributed by atoms with Gasteiger partial charge in [-0.3, -0.25) is 9.50 Å². The normalized spacial score (nSPS) is 14.5. The molecular formula is C25H25Cl3N2O5S. The van der Waals surface area contributed by atoms with Crippen LogP contribution in [0.1, 0.15) is 23.6 Å². The molecule has 0 saturated heterocycles. The van der Waals surface area contributed by atoms with E-state index in [1.807, 2.05) is 13.0 Å². The quantitative estimate of drug-likeness (QED) is 0.257. The third kappa shape index (κ3) is 7.12. The number of carbonyl (C=O) groups excluding carboxylic acids is 1. The monoisotopic (exact) mass is 570 g/mol. The maximum atomic E-state index is 13.0. The minimum atomic E-state index is -4.13. The smallest absolute Gasteiger partial charge is 0.411 e. The Labute approximate surface area is 225 Å². The number of anilines is 1. The minimum absolute atomic E-state index is 0.0162. The Balaban J connectivity index is 1.95. The van der Waals surface area contributed by atoms with Gasteiger partial charge in [0.15, 0.2) is 0 Å². The topological polar surface area (TPSA) is 108 Å². The molecule has 3 aromatic carbocycles. The molecule has 3 aromatic rings. The van der Waals surface area contributed by atoms with Crippen molar-refractivity contribution in [1.82, 2.24) is 0 Å². The third-order valence-corrected chi connectivity index (χ3v) is 7.15. The van der Waals surface area contributed by atoms with Gasteiger partial charge in [0.05, 0.1) is 10.4 Å². The first kappa shape index (κ1) is 28.2. The van der Waals surface area contributed by atoms with E-state index in [4.69, 9.17) is 49.5 Å². The number of ether oxygens (including phenoxy) is 1. The van der Waals surface area contributed by atoms with Gasteiger partial charge in [0, 0.05) is 5.69 Å². The number of hydrogen-bond acceptors (Lipinski definition) is 6. The molecule has 192 valence electrons.